The minimum Gasteiger partial charge on any atom is -0.383 e. The lowest BCUT2D eigenvalue weighted by molar-refractivity contribution is 0.112. The predicted molar refractivity (Wildman–Crippen MR) is 50.6 cm³/mol. The van der Waals surface area contributed by atoms with Crippen molar-refractivity contribution in [3.8, 4) is 0 Å². The maximum atomic E-state index is 10.4. The molecular weight excluding hydrogens is 150 g/mol. The second-order valence-electron chi connectivity index (χ2n) is 3.04. The van der Waals surface area contributed by atoms with Gasteiger partial charge in [0.1, 0.15) is 6.29 Å². The smallest absolute Gasteiger partial charge is 0.150 e. The van der Waals surface area contributed by atoms with Crippen molar-refractivity contribution >= 4 is 12.0 Å². The molecule has 0 radical (unpaired) electrons. The standard InChI is InChI=1S/C10H13NO/c1-8(2)11-10-5-3-4-9(6-10)7-12/h3-8,11H,1-2H3. The summed E-state index contributed by atoms with van der Waals surface area (Å²) in [5.41, 5.74) is 1.70. The Morgan fingerprint density at radius 2 is 2.17 bits per heavy atom. The van der Waals surface area contributed by atoms with Crippen LogP contribution in [0.4, 0.5) is 5.69 Å². The van der Waals surface area contributed by atoms with Crippen LogP contribution in [0.3, 0.4) is 0 Å². The number of hydrogen-bond acceptors (Lipinski definition) is 2. The highest BCUT2D eigenvalue weighted by molar-refractivity contribution is 5.76. The van der Waals surface area contributed by atoms with E-state index in [1.807, 2.05) is 18.2 Å². The van der Waals surface area contributed by atoms with Crippen molar-refractivity contribution in [3.05, 3.63) is 29.8 Å². The number of nitrogens with one attached hydrogen (secondary N) is 1. The van der Waals surface area contributed by atoms with E-state index in [2.05, 4.69) is 19.2 Å². The Morgan fingerprint density at radius 1 is 1.42 bits per heavy atom. The third-order valence-electron chi connectivity index (χ3n) is 1.48. The zero-order valence-corrected chi connectivity index (χ0v) is 7.37. The van der Waals surface area contributed by atoms with Crippen LogP contribution in [0, 0.1) is 0 Å². The Kier molecular flexibility index (Phi) is 2.86. The fourth-order valence-corrected chi connectivity index (χ4v) is 1.04. The molecule has 0 aliphatic heterocycles. The van der Waals surface area contributed by atoms with E-state index in [4.69, 9.17) is 0 Å². The van der Waals surface area contributed by atoms with E-state index in [9.17, 15) is 4.79 Å². The van der Waals surface area contributed by atoms with Crippen molar-refractivity contribution in [2.24, 2.45) is 0 Å². The molecule has 0 aliphatic rings. The molecule has 2 nitrogen and oxygen atoms in total. The molecule has 0 saturated carbocycles. The lowest BCUT2D eigenvalue weighted by atomic mass is 10.2. The van der Waals surface area contributed by atoms with Crippen LogP contribution >= 0.6 is 0 Å². The molecule has 0 bridgehead atoms. The van der Waals surface area contributed by atoms with Gasteiger partial charge < -0.3 is 5.32 Å². The second kappa shape index (κ2) is 3.90. The fourth-order valence-electron chi connectivity index (χ4n) is 1.04. The summed E-state index contributed by atoms with van der Waals surface area (Å²) in [5.74, 6) is 0. The zero-order chi connectivity index (χ0) is 8.97. The van der Waals surface area contributed by atoms with E-state index in [0.29, 0.717) is 11.6 Å². The van der Waals surface area contributed by atoms with Crippen LogP contribution in [-0.4, -0.2) is 12.3 Å². The summed E-state index contributed by atoms with van der Waals surface area (Å²) in [6.45, 7) is 4.13. The maximum absolute atomic E-state index is 10.4. The van der Waals surface area contributed by atoms with Gasteiger partial charge in [0.25, 0.3) is 0 Å². The first-order chi connectivity index (χ1) is 5.72. The van der Waals surface area contributed by atoms with Crippen molar-refractivity contribution in [2.75, 3.05) is 5.32 Å². The van der Waals surface area contributed by atoms with E-state index >= 15 is 0 Å². The molecule has 0 aliphatic carbocycles. The van der Waals surface area contributed by atoms with E-state index in [1.165, 1.54) is 0 Å². The van der Waals surface area contributed by atoms with Gasteiger partial charge in [-0.05, 0) is 26.0 Å². The molecule has 0 heterocycles. The molecule has 0 atom stereocenters. The highest BCUT2D eigenvalue weighted by Crippen LogP contribution is 2.09. The molecule has 1 rings (SSSR count). The quantitative estimate of drug-likeness (QED) is 0.693. The Bertz CT molecular complexity index is 268. The molecule has 2 heteroatoms. The fraction of sp³-hybridized carbons (Fsp3) is 0.300. The largest absolute Gasteiger partial charge is 0.383 e. The number of aldehydes is 1. The van der Waals surface area contributed by atoms with Crippen LogP contribution in [0.15, 0.2) is 24.3 Å². The van der Waals surface area contributed by atoms with Gasteiger partial charge in [-0.3, -0.25) is 4.79 Å². The van der Waals surface area contributed by atoms with Crippen LogP contribution in [-0.2, 0) is 0 Å². The summed E-state index contributed by atoms with van der Waals surface area (Å²) in [7, 11) is 0. The third kappa shape index (κ3) is 2.38. The van der Waals surface area contributed by atoms with Crippen molar-refractivity contribution in [1.82, 2.24) is 0 Å². The molecule has 0 saturated heterocycles. The van der Waals surface area contributed by atoms with Crippen LogP contribution < -0.4 is 5.32 Å². The molecular formula is C10H13NO. The average Bonchev–Trinajstić information content (AvgIpc) is 2.03. The maximum Gasteiger partial charge on any atom is 0.150 e. The third-order valence-corrected chi connectivity index (χ3v) is 1.48. The molecule has 0 unspecified atom stereocenters. The van der Waals surface area contributed by atoms with Gasteiger partial charge in [0, 0.05) is 17.3 Å². The average molecular weight is 163 g/mol. The highest BCUT2D eigenvalue weighted by Gasteiger charge is 1.95. The lowest BCUT2D eigenvalue weighted by Crippen LogP contribution is -2.09. The molecule has 1 aromatic rings. The first kappa shape index (κ1) is 8.78. The van der Waals surface area contributed by atoms with Crippen LogP contribution in [0.25, 0.3) is 0 Å². The van der Waals surface area contributed by atoms with E-state index in [1.54, 1.807) is 6.07 Å². The second-order valence-corrected chi connectivity index (χ2v) is 3.04. The van der Waals surface area contributed by atoms with Crippen molar-refractivity contribution in [3.63, 3.8) is 0 Å². The summed E-state index contributed by atoms with van der Waals surface area (Å²) in [4.78, 5) is 10.4. The molecule has 0 aromatic heterocycles. The number of benzene rings is 1. The topological polar surface area (TPSA) is 29.1 Å². The summed E-state index contributed by atoms with van der Waals surface area (Å²) in [6.07, 6.45) is 0.853. The minimum atomic E-state index is 0.395. The first-order valence-corrected chi connectivity index (χ1v) is 4.04. The van der Waals surface area contributed by atoms with Crippen LogP contribution in [0.2, 0.25) is 0 Å². The van der Waals surface area contributed by atoms with Gasteiger partial charge in [-0.15, -0.1) is 0 Å². The minimum absolute atomic E-state index is 0.395. The van der Waals surface area contributed by atoms with Gasteiger partial charge in [-0.2, -0.15) is 0 Å². The SMILES string of the molecule is CC(C)Nc1cccc(C=O)c1. The summed E-state index contributed by atoms with van der Waals surface area (Å²) < 4.78 is 0. The van der Waals surface area contributed by atoms with Gasteiger partial charge in [0.05, 0.1) is 0 Å². The van der Waals surface area contributed by atoms with Crippen molar-refractivity contribution < 1.29 is 4.79 Å². The zero-order valence-electron chi connectivity index (χ0n) is 7.37. The van der Waals surface area contributed by atoms with Crippen molar-refractivity contribution in [1.29, 1.82) is 0 Å². The van der Waals surface area contributed by atoms with Gasteiger partial charge in [0.2, 0.25) is 0 Å². The molecule has 1 aromatic carbocycles. The van der Waals surface area contributed by atoms with Crippen LogP contribution in [0.5, 0.6) is 0 Å². The Labute approximate surface area is 72.6 Å². The number of rotatable bonds is 3. The number of anilines is 1. The summed E-state index contributed by atoms with van der Waals surface area (Å²) in [6, 6.07) is 7.85. The molecule has 0 amide bonds. The summed E-state index contributed by atoms with van der Waals surface area (Å²) >= 11 is 0. The highest BCUT2D eigenvalue weighted by atomic mass is 16.1. The summed E-state index contributed by atoms with van der Waals surface area (Å²) in [5, 5.41) is 3.22. The van der Waals surface area contributed by atoms with Gasteiger partial charge in [-0.25, -0.2) is 0 Å². The molecule has 0 fully saturated rings. The van der Waals surface area contributed by atoms with E-state index in [0.717, 1.165) is 12.0 Å². The van der Waals surface area contributed by atoms with E-state index < -0.39 is 0 Å². The monoisotopic (exact) mass is 163 g/mol. The van der Waals surface area contributed by atoms with Gasteiger partial charge >= 0.3 is 0 Å². The Morgan fingerprint density at radius 3 is 2.75 bits per heavy atom. The lowest BCUT2D eigenvalue weighted by Gasteiger charge is -2.09. The first-order valence-electron chi connectivity index (χ1n) is 4.04. The molecule has 0 spiro atoms. The normalized spacial score (nSPS) is 9.92. The molecule has 1 N–H and O–H groups in total. The number of carbonyl (C=O) groups is 1. The molecule has 64 valence electrons. The number of carbonyl (C=O) groups excluding carboxylic acids is 1. The van der Waals surface area contributed by atoms with E-state index in [-0.39, 0.29) is 0 Å². The molecule has 12 heavy (non-hydrogen) atoms. The van der Waals surface area contributed by atoms with Crippen molar-refractivity contribution in [2.45, 2.75) is 19.9 Å². The predicted octanol–water partition coefficient (Wildman–Crippen LogP) is 2.32. The Balaban J connectivity index is 2.79. The number of hydrogen-bond donors (Lipinski definition) is 1. The van der Waals surface area contributed by atoms with Gasteiger partial charge in [-0.1, -0.05) is 12.1 Å². The Hall–Kier alpha value is -1.31. The van der Waals surface area contributed by atoms with Crippen LogP contribution in [0.1, 0.15) is 24.2 Å². The van der Waals surface area contributed by atoms with Gasteiger partial charge in [0.15, 0.2) is 0 Å².